The molecule has 0 amide bonds. The van der Waals surface area contributed by atoms with Crippen molar-refractivity contribution in [3.63, 3.8) is 0 Å². The SMILES string of the molecule is CCOCCC1(CNC(=NC)NCc2nc(C(F)(F)F)cs2)CCCC1. The van der Waals surface area contributed by atoms with Crippen LogP contribution >= 0.6 is 11.3 Å². The first-order chi connectivity index (χ1) is 12.4. The summed E-state index contributed by atoms with van der Waals surface area (Å²) in [6.45, 7) is 4.47. The van der Waals surface area contributed by atoms with Gasteiger partial charge in [0.1, 0.15) is 5.01 Å². The molecule has 1 aromatic heterocycles. The van der Waals surface area contributed by atoms with E-state index in [2.05, 4.69) is 20.6 Å². The second-order valence-electron chi connectivity index (χ2n) is 6.56. The third-order valence-electron chi connectivity index (χ3n) is 4.75. The lowest BCUT2D eigenvalue weighted by Gasteiger charge is -2.30. The first-order valence-electron chi connectivity index (χ1n) is 8.92. The number of guanidine groups is 1. The van der Waals surface area contributed by atoms with E-state index in [1.807, 2.05) is 6.92 Å². The second kappa shape index (κ2) is 9.55. The van der Waals surface area contributed by atoms with Crippen molar-refractivity contribution in [2.24, 2.45) is 10.4 Å². The minimum Gasteiger partial charge on any atom is -0.382 e. The monoisotopic (exact) mass is 392 g/mol. The van der Waals surface area contributed by atoms with Gasteiger partial charge in [0.25, 0.3) is 0 Å². The number of hydrogen-bond donors (Lipinski definition) is 2. The van der Waals surface area contributed by atoms with Crippen LogP contribution in [0.5, 0.6) is 0 Å². The average Bonchev–Trinajstić information content (AvgIpc) is 3.25. The zero-order valence-corrected chi connectivity index (χ0v) is 16.1. The van der Waals surface area contributed by atoms with Crippen molar-refractivity contribution < 1.29 is 17.9 Å². The van der Waals surface area contributed by atoms with Crippen molar-refractivity contribution in [2.75, 3.05) is 26.8 Å². The molecule has 2 N–H and O–H groups in total. The minimum absolute atomic E-state index is 0.206. The van der Waals surface area contributed by atoms with E-state index in [1.165, 1.54) is 12.8 Å². The summed E-state index contributed by atoms with van der Waals surface area (Å²) in [5.74, 6) is 0.580. The molecule has 1 fully saturated rings. The van der Waals surface area contributed by atoms with Crippen LogP contribution in [-0.4, -0.2) is 37.7 Å². The van der Waals surface area contributed by atoms with Gasteiger partial charge >= 0.3 is 6.18 Å². The predicted octanol–water partition coefficient (Wildman–Crippen LogP) is 3.81. The molecule has 2 rings (SSSR count). The smallest absolute Gasteiger partial charge is 0.382 e. The molecular formula is C17H27F3N4OS. The van der Waals surface area contributed by atoms with Crippen LogP contribution in [0.2, 0.25) is 0 Å². The zero-order valence-electron chi connectivity index (χ0n) is 15.3. The molecule has 1 aliphatic carbocycles. The summed E-state index contributed by atoms with van der Waals surface area (Å²) in [5.41, 5.74) is -0.639. The zero-order chi connectivity index (χ0) is 19.0. The Kier molecular flexibility index (Phi) is 7.69. The number of rotatable bonds is 8. The standard InChI is InChI=1S/C17H27F3N4OS/c1-3-25-9-8-16(6-4-5-7-16)12-23-15(21-2)22-10-14-24-13(11-26-14)17(18,19)20/h11H,3-10,12H2,1-2H3,(H2,21,22,23). The predicted molar refractivity (Wildman–Crippen MR) is 97.3 cm³/mol. The quantitative estimate of drug-likeness (QED) is 0.401. The third kappa shape index (κ3) is 6.12. The van der Waals surface area contributed by atoms with E-state index < -0.39 is 11.9 Å². The number of ether oxygens (including phenoxy) is 1. The maximum atomic E-state index is 12.6. The van der Waals surface area contributed by atoms with Crippen molar-refractivity contribution in [1.82, 2.24) is 15.6 Å². The van der Waals surface area contributed by atoms with Gasteiger partial charge in [-0.15, -0.1) is 11.3 Å². The lowest BCUT2D eigenvalue weighted by Crippen LogP contribution is -2.43. The highest BCUT2D eigenvalue weighted by atomic mass is 32.1. The summed E-state index contributed by atoms with van der Waals surface area (Å²) in [5, 5.41) is 7.79. The second-order valence-corrected chi connectivity index (χ2v) is 7.50. The van der Waals surface area contributed by atoms with Crippen LogP contribution in [0.25, 0.3) is 0 Å². The summed E-state index contributed by atoms with van der Waals surface area (Å²) in [7, 11) is 1.65. The topological polar surface area (TPSA) is 58.5 Å². The van der Waals surface area contributed by atoms with Crippen LogP contribution in [-0.2, 0) is 17.5 Å². The fourth-order valence-electron chi connectivity index (χ4n) is 3.25. The molecule has 0 aromatic carbocycles. The lowest BCUT2D eigenvalue weighted by molar-refractivity contribution is -0.140. The fraction of sp³-hybridized carbons (Fsp3) is 0.765. The van der Waals surface area contributed by atoms with E-state index in [-0.39, 0.29) is 12.0 Å². The van der Waals surface area contributed by atoms with Gasteiger partial charge in [0.05, 0.1) is 6.54 Å². The van der Waals surface area contributed by atoms with Gasteiger partial charge in [-0.1, -0.05) is 12.8 Å². The van der Waals surface area contributed by atoms with Gasteiger partial charge in [0.15, 0.2) is 11.7 Å². The Morgan fingerprint density at radius 3 is 2.65 bits per heavy atom. The average molecular weight is 392 g/mol. The Bertz CT molecular complexity index is 583. The molecule has 5 nitrogen and oxygen atoms in total. The highest BCUT2D eigenvalue weighted by molar-refractivity contribution is 7.09. The Morgan fingerprint density at radius 1 is 1.35 bits per heavy atom. The number of alkyl halides is 3. The number of nitrogens with zero attached hydrogens (tertiary/aromatic N) is 2. The molecule has 0 unspecified atom stereocenters. The van der Waals surface area contributed by atoms with Crippen LogP contribution < -0.4 is 10.6 Å². The van der Waals surface area contributed by atoms with Crippen LogP contribution in [0.3, 0.4) is 0 Å². The van der Waals surface area contributed by atoms with E-state index in [4.69, 9.17) is 4.74 Å². The molecule has 1 aromatic rings. The van der Waals surface area contributed by atoms with Gasteiger partial charge in [0.2, 0.25) is 0 Å². The Morgan fingerprint density at radius 2 is 2.08 bits per heavy atom. The van der Waals surface area contributed by atoms with E-state index in [9.17, 15) is 13.2 Å². The molecule has 26 heavy (non-hydrogen) atoms. The van der Waals surface area contributed by atoms with Gasteiger partial charge in [0, 0.05) is 32.2 Å². The maximum absolute atomic E-state index is 12.6. The van der Waals surface area contributed by atoms with Crippen molar-refractivity contribution in [3.05, 3.63) is 16.1 Å². The van der Waals surface area contributed by atoms with Gasteiger partial charge in [-0.25, -0.2) is 4.98 Å². The molecule has 1 aliphatic rings. The number of hydrogen-bond acceptors (Lipinski definition) is 4. The van der Waals surface area contributed by atoms with Crippen molar-refractivity contribution >= 4 is 17.3 Å². The summed E-state index contributed by atoms with van der Waals surface area (Å²) in [4.78, 5) is 7.79. The number of thiazole rings is 1. The molecule has 1 heterocycles. The van der Waals surface area contributed by atoms with Crippen LogP contribution in [0.4, 0.5) is 13.2 Å². The number of nitrogens with one attached hydrogen (secondary N) is 2. The van der Waals surface area contributed by atoms with E-state index in [1.54, 1.807) is 7.05 Å². The Hall–Kier alpha value is -1.35. The molecule has 1 saturated carbocycles. The van der Waals surface area contributed by atoms with Crippen LogP contribution in [0.15, 0.2) is 10.4 Å². The first-order valence-corrected chi connectivity index (χ1v) is 9.80. The normalized spacial score (nSPS) is 17.5. The van der Waals surface area contributed by atoms with Gasteiger partial charge in [-0.05, 0) is 31.6 Å². The summed E-state index contributed by atoms with van der Waals surface area (Å²) >= 11 is 0.992. The number of aromatic nitrogens is 1. The van der Waals surface area contributed by atoms with Crippen molar-refractivity contribution in [1.29, 1.82) is 0 Å². The van der Waals surface area contributed by atoms with Gasteiger partial charge in [-0.3, -0.25) is 4.99 Å². The van der Waals surface area contributed by atoms with Gasteiger partial charge in [-0.2, -0.15) is 13.2 Å². The summed E-state index contributed by atoms with van der Waals surface area (Å²) in [6, 6.07) is 0. The highest BCUT2D eigenvalue weighted by Crippen LogP contribution is 2.40. The first kappa shape index (κ1) is 21.0. The Balaban J connectivity index is 1.84. The minimum atomic E-state index is -4.40. The van der Waals surface area contributed by atoms with Crippen LogP contribution in [0, 0.1) is 5.41 Å². The molecule has 0 atom stereocenters. The summed E-state index contributed by atoms with van der Waals surface area (Å²) in [6.07, 6.45) is 1.37. The van der Waals surface area contributed by atoms with Crippen molar-refractivity contribution in [3.8, 4) is 0 Å². The number of aliphatic imine (C=N–C) groups is 1. The van der Waals surface area contributed by atoms with E-state index in [0.29, 0.717) is 11.0 Å². The molecule has 9 heteroatoms. The molecule has 0 aliphatic heterocycles. The van der Waals surface area contributed by atoms with E-state index >= 15 is 0 Å². The van der Waals surface area contributed by atoms with E-state index in [0.717, 1.165) is 55.7 Å². The molecule has 148 valence electrons. The van der Waals surface area contributed by atoms with Gasteiger partial charge < -0.3 is 15.4 Å². The Labute approximate surface area is 156 Å². The maximum Gasteiger partial charge on any atom is 0.434 e. The lowest BCUT2D eigenvalue weighted by atomic mass is 9.83. The molecule has 0 spiro atoms. The molecule has 0 bridgehead atoms. The molecule has 0 saturated heterocycles. The summed E-state index contributed by atoms with van der Waals surface area (Å²) < 4.78 is 43.3. The third-order valence-corrected chi connectivity index (χ3v) is 5.60. The highest BCUT2D eigenvalue weighted by Gasteiger charge is 2.34. The number of halogens is 3. The largest absolute Gasteiger partial charge is 0.434 e. The molecule has 0 radical (unpaired) electrons. The van der Waals surface area contributed by atoms with Crippen LogP contribution in [0.1, 0.15) is 49.7 Å². The van der Waals surface area contributed by atoms with Crippen molar-refractivity contribution in [2.45, 2.75) is 51.7 Å². The molecular weight excluding hydrogens is 365 g/mol. The fourth-order valence-corrected chi connectivity index (χ4v) is 3.99.